The Bertz CT molecular complexity index is 669. The standard InChI is InChI=1S/C16H19N3O4/c1-11(18-16(22)19(2)9-8-14(20)21)15-17-10-13(23-15)12-6-4-3-5-7-12/h3-7,10-11H,8-9H2,1-2H3,(H,18,22)(H,20,21). The molecule has 0 aliphatic rings. The minimum absolute atomic E-state index is 0.102. The SMILES string of the molecule is CC(NC(=O)N(C)CCC(=O)O)c1ncc(-c2ccccc2)o1. The van der Waals surface area contributed by atoms with Crippen molar-refractivity contribution in [3.63, 3.8) is 0 Å². The second-order valence-electron chi connectivity index (χ2n) is 5.17. The van der Waals surface area contributed by atoms with Gasteiger partial charge in [0.15, 0.2) is 5.76 Å². The quantitative estimate of drug-likeness (QED) is 0.853. The molecule has 1 aromatic heterocycles. The van der Waals surface area contributed by atoms with Crippen molar-refractivity contribution < 1.29 is 19.1 Å². The minimum Gasteiger partial charge on any atom is -0.481 e. The third-order valence-electron chi connectivity index (χ3n) is 3.30. The Morgan fingerprint density at radius 1 is 1.35 bits per heavy atom. The molecule has 0 aliphatic heterocycles. The predicted octanol–water partition coefficient (Wildman–Crippen LogP) is 2.52. The van der Waals surface area contributed by atoms with E-state index in [4.69, 9.17) is 9.52 Å². The van der Waals surface area contributed by atoms with Gasteiger partial charge in [0.2, 0.25) is 5.89 Å². The van der Waals surface area contributed by atoms with E-state index >= 15 is 0 Å². The van der Waals surface area contributed by atoms with E-state index in [0.29, 0.717) is 11.7 Å². The number of aliphatic carboxylic acids is 1. The summed E-state index contributed by atoms with van der Waals surface area (Å²) in [4.78, 5) is 28.0. The summed E-state index contributed by atoms with van der Waals surface area (Å²) in [6.07, 6.45) is 1.51. The molecule has 122 valence electrons. The van der Waals surface area contributed by atoms with Gasteiger partial charge >= 0.3 is 12.0 Å². The van der Waals surface area contributed by atoms with Crippen molar-refractivity contribution in [2.75, 3.05) is 13.6 Å². The van der Waals surface area contributed by atoms with Crippen molar-refractivity contribution in [1.82, 2.24) is 15.2 Å². The number of benzene rings is 1. The van der Waals surface area contributed by atoms with Crippen LogP contribution in [0, 0.1) is 0 Å². The van der Waals surface area contributed by atoms with Crippen LogP contribution in [0.1, 0.15) is 25.3 Å². The van der Waals surface area contributed by atoms with Crippen LogP contribution in [-0.4, -0.2) is 40.6 Å². The van der Waals surface area contributed by atoms with E-state index in [-0.39, 0.29) is 19.0 Å². The molecular weight excluding hydrogens is 298 g/mol. The first kappa shape index (κ1) is 16.5. The lowest BCUT2D eigenvalue weighted by atomic mass is 10.2. The van der Waals surface area contributed by atoms with Gasteiger partial charge in [-0.3, -0.25) is 4.79 Å². The van der Waals surface area contributed by atoms with Gasteiger partial charge in [-0.2, -0.15) is 0 Å². The van der Waals surface area contributed by atoms with E-state index in [1.54, 1.807) is 13.1 Å². The van der Waals surface area contributed by atoms with E-state index < -0.39 is 12.0 Å². The summed E-state index contributed by atoms with van der Waals surface area (Å²) in [6.45, 7) is 1.89. The topological polar surface area (TPSA) is 95.7 Å². The van der Waals surface area contributed by atoms with Crippen molar-refractivity contribution in [3.05, 3.63) is 42.4 Å². The molecule has 23 heavy (non-hydrogen) atoms. The second-order valence-corrected chi connectivity index (χ2v) is 5.17. The molecule has 1 atom stereocenters. The van der Waals surface area contributed by atoms with E-state index in [9.17, 15) is 9.59 Å². The number of carbonyl (C=O) groups is 2. The zero-order chi connectivity index (χ0) is 16.8. The molecule has 0 saturated carbocycles. The van der Waals surface area contributed by atoms with Crippen molar-refractivity contribution in [2.45, 2.75) is 19.4 Å². The molecule has 0 saturated heterocycles. The Labute approximate surface area is 133 Å². The first-order valence-corrected chi connectivity index (χ1v) is 7.22. The lowest BCUT2D eigenvalue weighted by Crippen LogP contribution is -2.39. The zero-order valence-electron chi connectivity index (χ0n) is 13.0. The van der Waals surface area contributed by atoms with E-state index in [1.807, 2.05) is 30.3 Å². The molecule has 0 radical (unpaired) electrons. The lowest BCUT2D eigenvalue weighted by Gasteiger charge is -2.19. The molecule has 1 aromatic carbocycles. The fourth-order valence-corrected chi connectivity index (χ4v) is 1.95. The Kier molecular flexibility index (Phi) is 5.35. The monoisotopic (exact) mass is 317 g/mol. The van der Waals surface area contributed by atoms with Crippen molar-refractivity contribution >= 4 is 12.0 Å². The van der Waals surface area contributed by atoms with Crippen LogP contribution in [-0.2, 0) is 4.79 Å². The van der Waals surface area contributed by atoms with E-state index in [0.717, 1.165) is 5.56 Å². The van der Waals surface area contributed by atoms with Crippen LogP contribution in [0.4, 0.5) is 4.79 Å². The fourth-order valence-electron chi connectivity index (χ4n) is 1.95. The molecule has 0 spiro atoms. The highest BCUT2D eigenvalue weighted by molar-refractivity contribution is 5.75. The molecule has 7 nitrogen and oxygen atoms in total. The first-order chi connectivity index (χ1) is 11.0. The summed E-state index contributed by atoms with van der Waals surface area (Å²) in [6, 6.07) is 8.74. The number of aromatic nitrogens is 1. The van der Waals surface area contributed by atoms with Crippen LogP contribution in [0.3, 0.4) is 0 Å². The largest absolute Gasteiger partial charge is 0.481 e. The predicted molar refractivity (Wildman–Crippen MR) is 83.8 cm³/mol. The maximum absolute atomic E-state index is 12.0. The van der Waals surface area contributed by atoms with Gasteiger partial charge in [0, 0.05) is 19.2 Å². The smallest absolute Gasteiger partial charge is 0.317 e. The summed E-state index contributed by atoms with van der Waals surface area (Å²) >= 11 is 0. The molecule has 2 N–H and O–H groups in total. The van der Waals surface area contributed by atoms with Gasteiger partial charge in [0.05, 0.1) is 12.6 Å². The number of hydrogen-bond acceptors (Lipinski definition) is 4. The van der Waals surface area contributed by atoms with Crippen LogP contribution in [0.5, 0.6) is 0 Å². The van der Waals surface area contributed by atoms with E-state index in [2.05, 4.69) is 10.3 Å². The van der Waals surface area contributed by atoms with Crippen LogP contribution in [0.25, 0.3) is 11.3 Å². The maximum Gasteiger partial charge on any atom is 0.317 e. The molecule has 1 unspecified atom stereocenters. The molecular formula is C16H19N3O4. The molecule has 0 bridgehead atoms. The number of oxazole rings is 1. The Morgan fingerprint density at radius 2 is 2.04 bits per heavy atom. The van der Waals surface area contributed by atoms with Gasteiger partial charge in [-0.05, 0) is 6.92 Å². The van der Waals surface area contributed by atoms with Crippen LogP contribution < -0.4 is 5.32 Å². The summed E-state index contributed by atoms with van der Waals surface area (Å²) in [7, 11) is 1.54. The summed E-state index contributed by atoms with van der Waals surface area (Å²) in [5.74, 6) is 0.0719. The van der Waals surface area contributed by atoms with Crippen molar-refractivity contribution in [1.29, 1.82) is 0 Å². The lowest BCUT2D eigenvalue weighted by molar-refractivity contribution is -0.137. The highest BCUT2D eigenvalue weighted by Gasteiger charge is 2.18. The molecule has 0 fully saturated rings. The average molecular weight is 317 g/mol. The molecule has 2 aromatic rings. The number of nitrogens with one attached hydrogen (secondary N) is 1. The minimum atomic E-state index is -0.946. The molecule has 1 heterocycles. The number of carboxylic acids is 1. The average Bonchev–Trinajstić information content (AvgIpc) is 3.03. The number of hydrogen-bond donors (Lipinski definition) is 2. The fraction of sp³-hybridized carbons (Fsp3) is 0.312. The normalized spacial score (nSPS) is 11.7. The number of urea groups is 1. The summed E-state index contributed by atoms with van der Waals surface area (Å²) in [5.41, 5.74) is 0.906. The van der Waals surface area contributed by atoms with Crippen LogP contribution in [0.2, 0.25) is 0 Å². The van der Waals surface area contributed by atoms with Gasteiger partial charge in [-0.1, -0.05) is 30.3 Å². The summed E-state index contributed by atoms with van der Waals surface area (Å²) in [5, 5.41) is 11.4. The second kappa shape index (κ2) is 7.44. The van der Waals surface area contributed by atoms with Crippen molar-refractivity contribution in [3.8, 4) is 11.3 Å². The van der Waals surface area contributed by atoms with Gasteiger partial charge < -0.3 is 19.7 Å². The number of carboxylic acid groups (broad SMARTS) is 1. The summed E-state index contributed by atoms with van der Waals surface area (Å²) < 4.78 is 5.67. The molecule has 7 heteroatoms. The Balaban J connectivity index is 1.96. The van der Waals surface area contributed by atoms with Crippen molar-refractivity contribution in [2.24, 2.45) is 0 Å². The number of rotatable bonds is 6. The van der Waals surface area contributed by atoms with Crippen LogP contribution >= 0.6 is 0 Å². The zero-order valence-corrected chi connectivity index (χ0v) is 13.0. The number of carbonyl (C=O) groups excluding carboxylic acids is 1. The molecule has 0 aliphatic carbocycles. The maximum atomic E-state index is 12.0. The molecule has 2 amide bonds. The van der Waals surface area contributed by atoms with Gasteiger partial charge in [0.25, 0.3) is 0 Å². The number of amides is 2. The van der Waals surface area contributed by atoms with Crippen LogP contribution in [0.15, 0.2) is 40.9 Å². The van der Waals surface area contributed by atoms with Gasteiger partial charge in [-0.15, -0.1) is 0 Å². The Hall–Kier alpha value is -2.83. The highest BCUT2D eigenvalue weighted by Crippen LogP contribution is 2.22. The van der Waals surface area contributed by atoms with E-state index in [1.165, 1.54) is 11.9 Å². The Morgan fingerprint density at radius 3 is 2.70 bits per heavy atom. The van der Waals surface area contributed by atoms with Gasteiger partial charge in [0.1, 0.15) is 6.04 Å². The first-order valence-electron chi connectivity index (χ1n) is 7.22. The van der Waals surface area contributed by atoms with Gasteiger partial charge in [-0.25, -0.2) is 9.78 Å². The third kappa shape index (κ3) is 4.57. The number of nitrogens with zero attached hydrogens (tertiary/aromatic N) is 2. The third-order valence-corrected chi connectivity index (χ3v) is 3.30. The molecule has 2 rings (SSSR count). The highest BCUT2D eigenvalue weighted by atomic mass is 16.4.